The van der Waals surface area contributed by atoms with Crippen molar-refractivity contribution in [1.82, 2.24) is 4.31 Å². The lowest BCUT2D eigenvalue weighted by Gasteiger charge is -2.12. The van der Waals surface area contributed by atoms with Crippen LogP contribution in [0.25, 0.3) is 10.8 Å². The standard InChI is InChI=1S/C19H17NO4S/c1-20(2)25(22,23)16-10-5-9-15(13-16)19(21)24-18-12-6-8-14-7-3-4-11-17(14)18/h3-13H,1-2H3. The largest absolute Gasteiger partial charge is 0.422 e. The Balaban J connectivity index is 1.94. The normalized spacial score (nSPS) is 11.6. The second-order valence-corrected chi connectivity index (χ2v) is 7.83. The lowest BCUT2D eigenvalue weighted by Crippen LogP contribution is -2.22. The van der Waals surface area contributed by atoms with Gasteiger partial charge in [0, 0.05) is 19.5 Å². The molecule has 0 amide bonds. The second-order valence-electron chi connectivity index (χ2n) is 5.68. The van der Waals surface area contributed by atoms with Gasteiger partial charge in [-0.2, -0.15) is 0 Å². The molecule has 3 rings (SSSR count). The molecule has 0 spiro atoms. The van der Waals surface area contributed by atoms with Crippen molar-refractivity contribution in [2.75, 3.05) is 14.1 Å². The summed E-state index contributed by atoms with van der Waals surface area (Å²) in [6, 6.07) is 18.8. The predicted octanol–water partition coefficient (Wildman–Crippen LogP) is 3.31. The summed E-state index contributed by atoms with van der Waals surface area (Å²) in [4.78, 5) is 12.5. The van der Waals surface area contributed by atoms with Crippen molar-refractivity contribution in [3.8, 4) is 5.75 Å². The Hall–Kier alpha value is -2.70. The SMILES string of the molecule is CN(C)S(=O)(=O)c1cccc(C(=O)Oc2cccc3ccccc23)c1. The van der Waals surface area contributed by atoms with Gasteiger partial charge in [-0.1, -0.05) is 42.5 Å². The molecular weight excluding hydrogens is 338 g/mol. The van der Waals surface area contributed by atoms with Crippen LogP contribution in [-0.2, 0) is 10.0 Å². The molecule has 3 aromatic rings. The van der Waals surface area contributed by atoms with E-state index in [4.69, 9.17) is 4.74 Å². The first-order valence-electron chi connectivity index (χ1n) is 7.62. The van der Waals surface area contributed by atoms with E-state index in [1.54, 1.807) is 12.1 Å². The van der Waals surface area contributed by atoms with Crippen LogP contribution in [-0.4, -0.2) is 32.8 Å². The van der Waals surface area contributed by atoms with Gasteiger partial charge in [-0.15, -0.1) is 0 Å². The first-order chi connectivity index (χ1) is 11.9. The van der Waals surface area contributed by atoms with Gasteiger partial charge in [-0.25, -0.2) is 17.5 Å². The molecule has 0 heterocycles. The van der Waals surface area contributed by atoms with E-state index in [-0.39, 0.29) is 10.5 Å². The summed E-state index contributed by atoms with van der Waals surface area (Å²) in [7, 11) is -0.733. The Kier molecular flexibility index (Phi) is 4.57. The Bertz CT molecular complexity index is 1040. The molecule has 0 N–H and O–H groups in total. The number of hydrogen-bond acceptors (Lipinski definition) is 4. The maximum absolute atomic E-state index is 12.5. The van der Waals surface area contributed by atoms with Gasteiger partial charge in [0.15, 0.2) is 0 Å². The molecule has 0 aliphatic rings. The summed E-state index contributed by atoms with van der Waals surface area (Å²) < 4.78 is 31.0. The van der Waals surface area contributed by atoms with E-state index in [0.717, 1.165) is 15.1 Å². The van der Waals surface area contributed by atoms with E-state index in [0.29, 0.717) is 5.75 Å². The summed E-state index contributed by atoms with van der Waals surface area (Å²) in [6.07, 6.45) is 0. The highest BCUT2D eigenvalue weighted by Gasteiger charge is 2.19. The van der Waals surface area contributed by atoms with Crippen LogP contribution in [0.15, 0.2) is 71.6 Å². The maximum atomic E-state index is 12.5. The smallest absolute Gasteiger partial charge is 0.343 e. The van der Waals surface area contributed by atoms with Gasteiger partial charge in [-0.3, -0.25) is 0 Å². The average molecular weight is 355 g/mol. The highest BCUT2D eigenvalue weighted by atomic mass is 32.2. The monoisotopic (exact) mass is 355 g/mol. The zero-order valence-corrected chi connectivity index (χ0v) is 14.7. The summed E-state index contributed by atoms with van der Waals surface area (Å²) >= 11 is 0. The highest BCUT2D eigenvalue weighted by Crippen LogP contribution is 2.26. The Labute approximate surface area is 146 Å². The van der Waals surface area contributed by atoms with E-state index < -0.39 is 16.0 Å². The van der Waals surface area contributed by atoms with Crippen molar-refractivity contribution in [1.29, 1.82) is 0 Å². The van der Waals surface area contributed by atoms with Crippen molar-refractivity contribution in [3.05, 3.63) is 72.3 Å². The van der Waals surface area contributed by atoms with Gasteiger partial charge in [0.1, 0.15) is 5.75 Å². The van der Waals surface area contributed by atoms with Crippen LogP contribution in [0.1, 0.15) is 10.4 Å². The summed E-state index contributed by atoms with van der Waals surface area (Å²) in [5.41, 5.74) is 0.177. The molecule has 0 aliphatic heterocycles. The van der Waals surface area contributed by atoms with Crippen molar-refractivity contribution < 1.29 is 17.9 Å². The molecule has 0 unspecified atom stereocenters. The minimum Gasteiger partial charge on any atom is -0.422 e. The van der Waals surface area contributed by atoms with Crippen LogP contribution in [0, 0.1) is 0 Å². The van der Waals surface area contributed by atoms with Crippen LogP contribution >= 0.6 is 0 Å². The fourth-order valence-electron chi connectivity index (χ4n) is 2.44. The Morgan fingerprint density at radius 2 is 1.60 bits per heavy atom. The second kappa shape index (κ2) is 6.66. The number of esters is 1. The third kappa shape index (κ3) is 3.40. The van der Waals surface area contributed by atoms with Crippen LogP contribution < -0.4 is 4.74 Å². The number of ether oxygens (including phenoxy) is 1. The first kappa shape index (κ1) is 17.1. The molecule has 0 radical (unpaired) electrons. The number of fused-ring (bicyclic) bond motifs is 1. The fourth-order valence-corrected chi connectivity index (χ4v) is 3.39. The molecule has 0 atom stereocenters. The Morgan fingerprint density at radius 1 is 0.920 bits per heavy atom. The van der Waals surface area contributed by atoms with Gasteiger partial charge in [0.2, 0.25) is 10.0 Å². The molecule has 128 valence electrons. The summed E-state index contributed by atoms with van der Waals surface area (Å²) in [6.45, 7) is 0. The van der Waals surface area contributed by atoms with Crippen molar-refractivity contribution in [2.45, 2.75) is 4.90 Å². The van der Waals surface area contributed by atoms with Gasteiger partial charge in [0.25, 0.3) is 0 Å². The number of hydrogen-bond donors (Lipinski definition) is 0. The molecule has 0 aromatic heterocycles. The van der Waals surface area contributed by atoms with Crippen molar-refractivity contribution in [2.24, 2.45) is 0 Å². The minimum absolute atomic E-state index is 0.0462. The zero-order valence-electron chi connectivity index (χ0n) is 13.8. The molecule has 0 aliphatic carbocycles. The molecular formula is C19H17NO4S. The van der Waals surface area contributed by atoms with Crippen LogP contribution in [0.3, 0.4) is 0 Å². The number of rotatable bonds is 4. The molecule has 0 fully saturated rings. The fraction of sp³-hybridized carbons (Fsp3) is 0.105. The molecule has 0 saturated carbocycles. The summed E-state index contributed by atoms with van der Waals surface area (Å²) in [5.74, 6) is -0.170. The molecule has 3 aromatic carbocycles. The van der Waals surface area contributed by atoms with Gasteiger partial charge >= 0.3 is 5.97 Å². The van der Waals surface area contributed by atoms with Crippen LogP contribution in [0.2, 0.25) is 0 Å². The number of benzene rings is 3. The van der Waals surface area contributed by atoms with Gasteiger partial charge < -0.3 is 4.74 Å². The lowest BCUT2D eigenvalue weighted by atomic mass is 10.1. The molecule has 5 nitrogen and oxygen atoms in total. The zero-order chi connectivity index (χ0) is 18.0. The molecule has 0 bridgehead atoms. The number of carbonyl (C=O) groups excluding carboxylic acids is 1. The number of carbonyl (C=O) groups is 1. The first-order valence-corrected chi connectivity index (χ1v) is 9.06. The highest BCUT2D eigenvalue weighted by molar-refractivity contribution is 7.89. The average Bonchev–Trinajstić information content (AvgIpc) is 2.62. The third-order valence-corrected chi connectivity index (χ3v) is 5.61. The van der Waals surface area contributed by atoms with E-state index in [9.17, 15) is 13.2 Å². The van der Waals surface area contributed by atoms with Crippen molar-refractivity contribution >= 4 is 26.8 Å². The predicted molar refractivity (Wildman–Crippen MR) is 96.2 cm³/mol. The topological polar surface area (TPSA) is 63.7 Å². The van der Waals surface area contributed by atoms with Crippen LogP contribution in [0.5, 0.6) is 5.75 Å². The van der Waals surface area contributed by atoms with E-state index in [1.807, 2.05) is 30.3 Å². The molecule has 0 saturated heterocycles. The quantitative estimate of drug-likeness (QED) is 0.532. The number of sulfonamides is 1. The van der Waals surface area contributed by atoms with Gasteiger partial charge in [-0.05, 0) is 29.7 Å². The maximum Gasteiger partial charge on any atom is 0.343 e. The minimum atomic E-state index is -3.61. The Morgan fingerprint density at radius 3 is 2.36 bits per heavy atom. The lowest BCUT2D eigenvalue weighted by molar-refractivity contribution is 0.0737. The third-order valence-electron chi connectivity index (χ3n) is 3.80. The van der Waals surface area contributed by atoms with Crippen LogP contribution in [0.4, 0.5) is 0 Å². The summed E-state index contributed by atoms with van der Waals surface area (Å²) in [5, 5.41) is 1.77. The van der Waals surface area contributed by atoms with Crippen molar-refractivity contribution in [3.63, 3.8) is 0 Å². The van der Waals surface area contributed by atoms with E-state index >= 15 is 0 Å². The van der Waals surface area contributed by atoms with E-state index in [2.05, 4.69) is 0 Å². The molecule has 6 heteroatoms. The molecule has 25 heavy (non-hydrogen) atoms. The van der Waals surface area contributed by atoms with E-state index in [1.165, 1.54) is 38.4 Å². The number of nitrogens with zero attached hydrogens (tertiary/aromatic N) is 1. The van der Waals surface area contributed by atoms with Gasteiger partial charge in [0.05, 0.1) is 10.5 Å².